The van der Waals surface area contributed by atoms with Crippen molar-refractivity contribution in [1.82, 2.24) is 8.96 Å². The smallest absolute Gasteiger partial charge is 0.412 e. The molecule has 0 aliphatic heterocycles. The van der Waals surface area contributed by atoms with E-state index in [0.29, 0.717) is 21.6 Å². The molecule has 1 aromatic carbocycles. The summed E-state index contributed by atoms with van der Waals surface area (Å²) >= 11 is 1.34. The summed E-state index contributed by atoms with van der Waals surface area (Å²) < 4.78 is 39.0. The molecule has 10 heteroatoms. The number of benzene rings is 1. The highest BCUT2D eigenvalue weighted by Crippen LogP contribution is 2.45. The van der Waals surface area contributed by atoms with Crippen LogP contribution in [-0.2, 0) is 14.8 Å². The third-order valence-electron chi connectivity index (χ3n) is 5.26. The van der Waals surface area contributed by atoms with Crippen LogP contribution in [0.25, 0.3) is 32.6 Å². The molecule has 4 heterocycles. The third-order valence-corrected chi connectivity index (χ3v) is 8.03. The molecule has 0 spiro atoms. The second kappa shape index (κ2) is 8.96. The van der Waals surface area contributed by atoms with E-state index < -0.39 is 21.7 Å². The zero-order valence-corrected chi connectivity index (χ0v) is 21.4. The third kappa shape index (κ3) is 4.52. The van der Waals surface area contributed by atoms with E-state index in [4.69, 9.17) is 9.15 Å². The largest absolute Gasteiger partial charge is 0.472 e. The molecule has 1 N–H and O–H groups in total. The van der Waals surface area contributed by atoms with E-state index in [1.165, 1.54) is 15.3 Å². The van der Waals surface area contributed by atoms with Crippen molar-refractivity contribution in [2.45, 2.75) is 31.3 Å². The van der Waals surface area contributed by atoms with Gasteiger partial charge in [-0.1, -0.05) is 18.2 Å². The number of carbonyl (C=O) groups excluding carboxylic acids is 1. The fraction of sp³-hybridized carbons (Fsp3) is 0.154. The second-order valence-electron chi connectivity index (χ2n) is 9.02. The Balaban J connectivity index is 1.67. The molecule has 0 bridgehead atoms. The van der Waals surface area contributed by atoms with Gasteiger partial charge in [0, 0.05) is 39.3 Å². The van der Waals surface area contributed by atoms with Crippen LogP contribution in [0, 0.1) is 0 Å². The molecule has 0 aliphatic carbocycles. The molecular formula is C26H23N3O5S2. The number of hydrogen-bond donors (Lipinski definition) is 1. The lowest BCUT2D eigenvalue weighted by atomic mass is 10.0. The predicted molar refractivity (Wildman–Crippen MR) is 140 cm³/mol. The van der Waals surface area contributed by atoms with E-state index in [1.54, 1.807) is 88.2 Å². The van der Waals surface area contributed by atoms with E-state index in [0.717, 1.165) is 16.0 Å². The fourth-order valence-corrected chi connectivity index (χ4v) is 6.19. The molecule has 0 radical (unpaired) electrons. The number of fused-ring (bicyclic) bond motifs is 1. The van der Waals surface area contributed by atoms with Gasteiger partial charge in [0.15, 0.2) is 5.65 Å². The molecule has 0 fully saturated rings. The highest BCUT2D eigenvalue weighted by Gasteiger charge is 2.25. The first-order valence-corrected chi connectivity index (χ1v) is 13.3. The number of amides is 1. The van der Waals surface area contributed by atoms with Crippen molar-refractivity contribution in [3.63, 3.8) is 0 Å². The van der Waals surface area contributed by atoms with Crippen molar-refractivity contribution >= 4 is 43.5 Å². The fourth-order valence-electron chi connectivity index (χ4n) is 3.80. The first-order chi connectivity index (χ1) is 17.1. The Morgan fingerprint density at radius 3 is 2.56 bits per heavy atom. The van der Waals surface area contributed by atoms with E-state index in [9.17, 15) is 13.2 Å². The summed E-state index contributed by atoms with van der Waals surface area (Å²) in [5, 5.41) is 3.99. The Morgan fingerprint density at radius 1 is 1.08 bits per heavy atom. The van der Waals surface area contributed by atoms with Crippen LogP contribution in [0.2, 0.25) is 0 Å². The summed E-state index contributed by atoms with van der Waals surface area (Å²) in [6.07, 6.45) is 5.71. The van der Waals surface area contributed by atoms with Crippen LogP contribution in [0.15, 0.2) is 88.8 Å². The standard InChI is InChI=1S/C26H23N3O5S2/c1-26(2,3)34-25(30)28-22-14-20(23(35-22)17-11-13-33-16-17)21-15-29(24-19(21)10-7-12-27-24)36(31,32)18-8-5-4-6-9-18/h4-16H,1-3H3,(H,28,30). The molecule has 8 nitrogen and oxygen atoms in total. The van der Waals surface area contributed by atoms with Crippen molar-refractivity contribution in [1.29, 1.82) is 0 Å². The van der Waals surface area contributed by atoms with Gasteiger partial charge in [-0.3, -0.25) is 5.32 Å². The maximum absolute atomic E-state index is 13.5. The number of ether oxygens (including phenoxy) is 1. The zero-order chi connectivity index (χ0) is 25.5. The summed E-state index contributed by atoms with van der Waals surface area (Å²) in [6, 6.07) is 15.4. The lowest BCUT2D eigenvalue weighted by molar-refractivity contribution is 0.0636. The molecule has 0 saturated heterocycles. The number of anilines is 1. The monoisotopic (exact) mass is 521 g/mol. The molecule has 1 amide bonds. The van der Waals surface area contributed by atoms with Gasteiger partial charge in [0.05, 0.1) is 22.4 Å². The minimum absolute atomic E-state index is 0.159. The Bertz CT molecular complexity index is 1640. The van der Waals surface area contributed by atoms with Crippen LogP contribution < -0.4 is 5.32 Å². The van der Waals surface area contributed by atoms with Gasteiger partial charge in [0.1, 0.15) is 5.60 Å². The number of furan rings is 1. The number of aromatic nitrogens is 2. The SMILES string of the molecule is CC(C)(C)OC(=O)Nc1cc(-c2cn(S(=O)(=O)c3ccccc3)c3ncccc23)c(-c2ccoc2)s1. The molecule has 0 saturated carbocycles. The molecule has 0 aliphatic rings. The second-order valence-corrected chi connectivity index (χ2v) is 11.9. The van der Waals surface area contributed by atoms with Gasteiger partial charge in [-0.05, 0) is 57.2 Å². The summed E-state index contributed by atoms with van der Waals surface area (Å²) in [6.45, 7) is 5.37. The quantitative estimate of drug-likeness (QED) is 0.279. The van der Waals surface area contributed by atoms with Crippen LogP contribution >= 0.6 is 11.3 Å². The molecular weight excluding hydrogens is 498 g/mol. The summed E-state index contributed by atoms with van der Waals surface area (Å²) in [4.78, 5) is 17.8. The molecule has 5 rings (SSSR count). The number of rotatable bonds is 5. The van der Waals surface area contributed by atoms with Crippen molar-refractivity contribution in [3.05, 3.63) is 79.5 Å². The average Bonchev–Trinajstić information content (AvgIpc) is 3.56. The van der Waals surface area contributed by atoms with Crippen molar-refractivity contribution in [2.75, 3.05) is 5.32 Å². The predicted octanol–water partition coefficient (Wildman–Crippen LogP) is 6.61. The first-order valence-electron chi connectivity index (χ1n) is 11.1. The number of pyridine rings is 1. The van der Waals surface area contributed by atoms with Gasteiger partial charge in [0.25, 0.3) is 10.0 Å². The van der Waals surface area contributed by atoms with Crippen molar-refractivity contribution in [3.8, 4) is 21.6 Å². The normalized spacial score (nSPS) is 12.1. The number of hydrogen-bond acceptors (Lipinski definition) is 7. The van der Waals surface area contributed by atoms with Crippen LogP contribution in [-0.4, -0.2) is 29.1 Å². The van der Waals surface area contributed by atoms with Crippen LogP contribution in [0.4, 0.5) is 9.80 Å². The summed E-state index contributed by atoms with van der Waals surface area (Å²) in [5.41, 5.74) is 1.84. The molecule has 0 atom stereocenters. The van der Waals surface area contributed by atoms with E-state index >= 15 is 0 Å². The topological polar surface area (TPSA) is 103 Å². The zero-order valence-electron chi connectivity index (χ0n) is 19.8. The van der Waals surface area contributed by atoms with Gasteiger partial charge in [-0.15, -0.1) is 11.3 Å². The number of carbonyl (C=O) groups is 1. The maximum atomic E-state index is 13.5. The summed E-state index contributed by atoms with van der Waals surface area (Å²) in [7, 11) is -3.90. The van der Waals surface area contributed by atoms with Gasteiger partial charge in [-0.2, -0.15) is 0 Å². The Kier molecular flexibility index (Phi) is 5.93. The minimum Gasteiger partial charge on any atom is -0.472 e. The van der Waals surface area contributed by atoms with Crippen LogP contribution in [0.3, 0.4) is 0 Å². The Labute approximate surface area is 212 Å². The highest BCUT2D eigenvalue weighted by molar-refractivity contribution is 7.90. The lowest BCUT2D eigenvalue weighted by Gasteiger charge is -2.19. The number of nitrogens with one attached hydrogen (secondary N) is 1. The van der Waals surface area contributed by atoms with Crippen molar-refractivity contribution in [2.24, 2.45) is 0 Å². The van der Waals surface area contributed by atoms with Gasteiger partial charge >= 0.3 is 6.09 Å². The van der Waals surface area contributed by atoms with Gasteiger partial charge in [0.2, 0.25) is 0 Å². The molecule has 4 aromatic heterocycles. The molecule has 5 aromatic rings. The minimum atomic E-state index is -3.90. The van der Waals surface area contributed by atoms with Crippen molar-refractivity contribution < 1.29 is 22.4 Å². The molecule has 184 valence electrons. The average molecular weight is 522 g/mol. The van der Waals surface area contributed by atoms with E-state index in [1.807, 2.05) is 12.1 Å². The maximum Gasteiger partial charge on any atom is 0.412 e. The van der Waals surface area contributed by atoms with E-state index in [-0.39, 0.29) is 4.90 Å². The van der Waals surface area contributed by atoms with Gasteiger partial charge in [-0.25, -0.2) is 22.2 Å². The van der Waals surface area contributed by atoms with E-state index in [2.05, 4.69) is 10.3 Å². The van der Waals surface area contributed by atoms with Crippen LogP contribution in [0.1, 0.15) is 20.8 Å². The molecule has 0 unspecified atom stereocenters. The number of nitrogens with zero attached hydrogens (tertiary/aromatic N) is 2. The Morgan fingerprint density at radius 2 is 1.86 bits per heavy atom. The highest BCUT2D eigenvalue weighted by atomic mass is 32.2. The summed E-state index contributed by atoms with van der Waals surface area (Å²) in [5.74, 6) is 0. The van der Waals surface area contributed by atoms with Gasteiger partial charge < -0.3 is 9.15 Å². The number of thiophene rings is 1. The lowest BCUT2D eigenvalue weighted by Crippen LogP contribution is -2.26. The first kappa shape index (κ1) is 23.8. The Hall–Kier alpha value is -3.89. The molecule has 36 heavy (non-hydrogen) atoms. The van der Waals surface area contributed by atoms with Crippen LogP contribution in [0.5, 0.6) is 0 Å².